The summed E-state index contributed by atoms with van der Waals surface area (Å²) in [6.45, 7) is 0.341. The lowest BCUT2D eigenvalue weighted by Gasteiger charge is -2.35. The van der Waals surface area contributed by atoms with Crippen molar-refractivity contribution in [1.82, 2.24) is 0 Å². The van der Waals surface area contributed by atoms with E-state index in [-0.39, 0.29) is 35.5 Å². The van der Waals surface area contributed by atoms with Gasteiger partial charge in [0.25, 0.3) is 0 Å². The van der Waals surface area contributed by atoms with Crippen molar-refractivity contribution in [1.29, 1.82) is 0 Å². The third kappa shape index (κ3) is 2.41. The second-order valence-electron chi connectivity index (χ2n) is 7.98. The van der Waals surface area contributed by atoms with Crippen LogP contribution in [0.4, 0.5) is 5.69 Å². The molecule has 2 aromatic carbocycles. The van der Waals surface area contributed by atoms with Gasteiger partial charge in [0.1, 0.15) is 0 Å². The van der Waals surface area contributed by atoms with E-state index in [2.05, 4.69) is 4.90 Å². The van der Waals surface area contributed by atoms with Crippen molar-refractivity contribution in [3.63, 3.8) is 0 Å². The van der Waals surface area contributed by atoms with Crippen molar-refractivity contribution in [3.05, 3.63) is 70.8 Å². The summed E-state index contributed by atoms with van der Waals surface area (Å²) in [6.07, 6.45) is 2.95. The van der Waals surface area contributed by atoms with Gasteiger partial charge >= 0.3 is 0 Å². The molecule has 29 heavy (non-hydrogen) atoms. The van der Waals surface area contributed by atoms with Crippen LogP contribution in [0.1, 0.15) is 15.9 Å². The number of carbonyl (C=O) groups is 2. The van der Waals surface area contributed by atoms with Crippen LogP contribution in [-0.4, -0.2) is 42.7 Å². The standard InChI is InChI=1S/C23H18ClNO4/c24-14-7-9-15-13(10-14)6-8-16-18-19(17-11-28-23(29-17)22(18)27)20(25(15)16)21(26)12-4-2-1-3-5-12/h1-10,16-20,23H,11H2. The van der Waals surface area contributed by atoms with Crippen LogP contribution in [0.2, 0.25) is 5.02 Å². The highest BCUT2D eigenvalue weighted by atomic mass is 35.5. The van der Waals surface area contributed by atoms with Gasteiger partial charge < -0.3 is 14.4 Å². The Morgan fingerprint density at radius 3 is 2.79 bits per heavy atom. The Hall–Kier alpha value is -2.47. The van der Waals surface area contributed by atoms with E-state index in [1.165, 1.54) is 0 Å². The molecular weight excluding hydrogens is 390 g/mol. The fraction of sp³-hybridized carbons (Fsp3) is 0.304. The topological polar surface area (TPSA) is 55.8 Å². The molecule has 0 radical (unpaired) electrons. The molecule has 4 aliphatic heterocycles. The molecule has 6 rings (SSSR count). The van der Waals surface area contributed by atoms with Gasteiger partial charge in [0, 0.05) is 22.2 Å². The number of halogens is 1. The van der Waals surface area contributed by atoms with Crippen LogP contribution in [-0.2, 0) is 14.3 Å². The summed E-state index contributed by atoms with van der Waals surface area (Å²) in [4.78, 5) is 29.0. The van der Waals surface area contributed by atoms with Gasteiger partial charge in [-0.3, -0.25) is 9.59 Å². The molecule has 2 bridgehead atoms. The molecule has 2 aromatic rings. The summed E-state index contributed by atoms with van der Waals surface area (Å²) >= 11 is 6.20. The van der Waals surface area contributed by atoms with Crippen molar-refractivity contribution in [2.24, 2.45) is 11.8 Å². The third-order valence-electron chi connectivity index (χ3n) is 6.54. The van der Waals surface area contributed by atoms with Gasteiger partial charge in [-0.1, -0.05) is 54.1 Å². The number of anilines is 1. The fourth-order valence-electron chi connectivity index (χ4n) is 5.38. The summed E-state index contributed by atoms with van der Waals surface area (Å²) in [5, 5.41) is 0.640. The number of fused-ring (bicyclic) bond motifs is 8. The SMILES string of the molecule is O=C1C2OCC(O2)C2C1C1C=Cc3cc(Cl)ccc3N1C2C(=O)c1ccccc1. The number of rotatable bonds is 2. The molecule has 3 saturated heterocycles. The molecule has 6 unspecified atom stereocenters. The van der Waals surface area contributed by atoms with Crippen LogP contribution >= 0.6 is 11.6 Å². The highest BCUT2D eigenvalue weighted by Crippen LogP contribution is 2.51. The van der Waals surface area contributed by atoms with Crippen molar-refractivity contribution in [3.8, 4) is 0 Å². The fourth-order valence-corrected chi connectivity index (χ4v) is 5.56. The molecule has 0 aromatic heterocycles. The first-order valence-corrected chi connectivity index (χ1v) is 10.2. The Morgan fingerprint density at radius 1 is 1.14 bits per heavy atom. The average molecular weight is 408 g/mol. The predicted molar refractivity (Wildman–Crippen MR) is 108 cm³/mol. The van der Waals surface area contributed by atoms with Crippen molar-refractivity contribution in [2.75, 3.05) is 11.5 Å². The average Bonchev–Trinajstić information content (AvgIpc) is 3.33. The number of ether oxygens (including phenoxy) is 2. The van der Waals surface area contributed by atoms with Crippen LogP contribution in [0.5, 0.6) is 0 Å². The number of hydrogen-bond donors (Lipinski definition) is 0. The Labute approximate surface area is 172 Å². The molecule has 3 fully saturated rings. The molecular formula is C23H18ClNO4. The lowest BCUT2D eigenvalue weighted by Crippen LogP contribution is -2.48. The third-order valence-corrected chi connectivity index (χ3v) is 6.77. The Bertz CT molecular complexity index is 1050. The zero-order valence-corrected chi connectivity index (χ0v) is 16.2. The Balaban J connectivity index is 1.53. The summed E-state index contributed by atoms with van der Waals surface area (Å²) in [7, 11) is 0. The van der Waals surface area contributed by atoms with Crippen molar-refractivity contribution in [2.45, 2.75) is 24.5 Å². The number of Topliss-reactive ketones (excluding diaryl/α,β-unsaturated/α-hetero) is 2. The van der Waals surface area contributed by atoms with Gasteiger partial charge in [0.15, 0.2) is 11.6 Å². The lowest BCUT2D eigenvalue weighted by molar-refractivity contribution is -0.163. The maximum Gasteiger partial charge on any atom is 0.218 e. The number of hydrogen-bond acceptors (Lipinski definition) is 5. The van der Waals surface area contributed by atoms with E-state index in [0.29, 0.717) is 17.2 Å². The zero-order chi connectivity index (χ0) is 19.7. The molecule has 0 N–H and O–H groups in total. The Morgan fingerprint density at radius 2 is 1.97 bits per heavy atom. The number of benzene rings is 2. The highest BCUT2D eigenvalue weighted by Gasteiger charge is 2.63. The molecule has 6 atom stereocenters. The second-order valence-corrected chi connectivity index (χ2v) is 8.42. The summed E-state index contributed by atoms with van der Waals surface area (Å²) < 4.78 is 11.4. The molecule has 5 nitrogen and oxygen atoms in total. The summed E-state index contributed by atoms with van der Waals surface area (Å²) in [5.74, 6) is -0.658. The minimum atomic E-state index is -0.811. The maximum absolute atomic E-state index is 13.7. The summed E-state index contributed by atoms with van der Waals surface area (Å²) in [6, 6.07) is 14.2. The number of ketones is 2. The molecule has 146 valence electrons. The van der Waals surface area contributed by atoms with Crippen LogP contribution in [0.15, 0.2) is 54.6 Å². The first kappa shape index (κ1) is 17.4. The van der Waals surface area contributed by atoms with E-state index in [0.717, 1.165) is 11.3 Å². The number of nitrogens with zero attached hydrogens (tertiary/aromatic N) is 1. The highest BCUT2D eigenvalue weighted by molar-refractivity contribution is 6.30. The molecule has 4 aliphatic rings. The van der Waals surface area contributed by atoms with Gasteiger partial charge in [-0.05, 0) is 23.8 Å². The van der Waals surface area contributed by atoms with E-state index >= 15 is 0 Å². The first-order chi connectivity index (χ1) is 14.1. The largest absolute Gasteiger partial charge is 0.353 e. The first-order valence-electron chi connectivity index (χ1n) is 9.79. The van der Waals surface area contributed by atoms with Gasteiger partial charge in [-0.2, -0.15) is 0 Å². The van der Waals surface area contributed by atoms with Crippen molar-refractivity contribution >= 4 is 34.9 Å². The monoisotopic (exact) mass is 407 g/mol. The molecule has 0 aliphatic carbocycles. The quantitative estimate of drug-likeness (QED) is 0.714. The summed E-state index contributed by atoms with van der Waals surface area (Å²) in [5.41, 5.74) is 2.51. The predicted octanol–water partition coefficient (Wildman–Crippen LogP) is 3.36. The van der Waals surface area contributed by atoms with Gasteiger partial charge in [-0.25, -0.2) is 0 Å². The molecule has 0 spiro atoms. The lowest BCUT2D eigenvalue weighted by atomic mass is 9.77. The van der Waals surface area contributed by atoms with Crippen LogP contribution in [0, 0.1) is 11.8 Å². The minimum absolute atomic E-state index is 0.000972. The van der Waals surface area contributed by atoms with E-state index in [9.17, 15) is 9.59 Å². The van der Waals surface area contributed by atoms with E-state index in [1.54, 1.807) is 0 Å². The van der Waals surface area contributed by atoms with Gasteiger partial charge in [0.05, 0.1) is 30.7 Å². The number of carbonyl (C=O) groups excluding carboxylic acids is 2. The van der Waals surface area contributed by atoms with Crippen LogP contribution < -0.4 is 4.90 Å². The van der Waals surface area contributed by atoms with Crippen LogP contribution in [0.25, 0.3) is 6.08 Å². The molecule has 6 heteroatoms. The minimum Gasteiger partial charge on any atom is -0.353 e. The van der Waals surface area contributed by atoms with Gasteiger partial charge in [-0.15, -0.1) is 0 Å². The molecule has 4 heterocycles. The van der Waals surface area contributed by atoms with E-state index < -0.39 is 12.3 Å². The smallest absolute Gasteiger partial charge is 0.218 e. The van der Waals surface area contributed by atoms with E-state index in [1.807, 2.05) is 60.7 Å². The second kappa shape index (κ2) is 6.26. The maximum atomic E-state index is 13.7. The normalized spacial score (nSPS) is 34.0. The van der Waals surface area contributed by atoms with Crippen LogP contribution in [0.3, 0.4) is 0 Å². The zero-order valence-electron chi connectivity index (χ0n) is 15.4. The van der Waals surface area contributed by atoms with Crippen molar-refractivity contribution < 1.29 is 19.1 Å². The molecule has 0 amide bonds. The van der Waals surface area contributed by atoms with Gasteiger partial charge in [0.2, 0.25) is 6.29 Å². The van der Waals surface area contributed by atoms with E-state index in [4.69, 9.17) is 21.1 Å². The Kier molecular flexibility index (Phi) is 3.76. The molecule has 0 saturated carbocycles.